The van der Waals surface area contributed by atoms with Crippen LogP contribution in [0.25, 0.3) is 0 Å². The van der Waals surface area contributed by atoms with Crippen molar-refractivity contribution in [1.82, 2.24) is 0 Å². The largest absolute Gasteiger partial charge is 0.356 e. The Labute approximate surface area is 88.3 Å². The number of ether oxygens (including phenoxy) is 2. The summed E-state index contributed by atoms with van der Waals surface area (Å²) < 4.78 is 10.3. The number of allylic oxidation sites excluding steroid dienone is 2. The molecule has 2 heteroatoms. The van der Waals surface area contributed by atoms with Crippen LogP contribution in [0.2, 0.25) is 0 Å². The Balaban J connectivity index is 3.63. The van der Waals surface area contributed by atoms with Gasteiger partial charge in [-0.05, 0) is 32.6 Å². The van der Waals surface area contributed by atoms with E-state index in [1.54, 1.807) is 14.2 Å². The predicted octanol–water partition coefficient (Wildman–Crippen LogP) is 3.38. The van der Waals surface area contributed by atoms with Crippen molar-refractivity contribution >= 4 is 0 Å². The maximum Gasteiger partial charge on any atom is 0.157 e. The van der Waals surface area contributed by atoms with Crippen molar-refractivity contribution in [3.63, 3.8) is 0 Å². The molecule has 0 aromatic heterocycles. The molecule has 0 aliphatic carbocycles. The molecule has 0 bridgehead atoms. The van der Waals surface area contributed by atoms with Crippen LogP contribution in [0.5, 0.6) is 0 Å². The lowest BCUT2D eigenvalue weighted by molar-refractivity contribution is -0.113. The second-order valence-electron chi connectivity index (χ2n) is 4.10. The summed E-state index contributed by atoms with van der Waals surface area (Å²) in [6, 6.07) is 0. The molecule has 0 spiro atoms. The first kappa shape index (κ1) is 13.7. The number of hydrogen-bond donors (Lipinski definition) is 0. The predicted molar refractivity (Wildman–Crippen MR) is 60.3 cm³/mol. The highest BCUT2D eigenvalue weighted by Crippen LogP contribution is 2.15. The molecule has 0 amide bonds. The SMILES string of the molecule is COC(C[C@@H](C)CCC=C(C)C)OC. The molecule has 2 nitrogen and oxygen atoms in total. The van der Waals surface area contributed by atoms with Gasteiger partial charge in [-0.2, -0.15) is 0 Å². The minimum Gasteiger partial charge on any atom is -0.356 e. The highest BCUT2D eigenvalue weighted by Gasteiger charge is 2.10. The van der Waals surface area contributed by atoms with Crippen LogP contribution in [0.1, 0.15) is 40.0 Å². The summed E-state index contributed by atoms with van der Waals surface area (Å²) in [6.07, 6.45) is 5.57. The summed E-state index contributed by atoms with van der Waals surface area (Å²) in [5, 5.41) is 0. The van der Waals surface area contributed by atoms with Crippen LogP contribution in [-0.2, 0) is 9.47 Å². The van der Waals surface area contributed by atoms with Gasteiger partial charge in [0.15, 0.2) is 6.29 Å². The van der Waals surface area contributed by atoms with Crippen molar-refractivity contribution in [3.05, 3.63) is 11.6 Å². The molecule has 0 aliphatic rings. The molecule has 0 radical (unpaired) electrons. The molecule has 0 N–H and O–H groups in total. The highest BCUT2D eigenvalue weighted by atomic mass is 16.7. The van der Waals surface area contributed by atoms with Gasteiger partial charge >= 0.3 is 0 Å². The Kier molecular flexibility index (Phi) is 7.81. The van der Waals surface area contributed by atoms with Crippen LogP contribution >= 0.6 is 0 Å². The van der Waals surface area contributed by atoms with E-state index >= 15 is 0 Å². The molecule has 0 fully saturated rings. The highest BCUT2D eigenvalue weighted by molar-refractivity contribution is 4.92. The minimum atomic E-state index is -0.0447. The van der Waals surface area contributed by atoms with E-state index in [-0.39, 0.29) is 6.29 Å². The van der Waals surface area contributed by atoms with Crippen LogP contribution in [0.4, 0.5) is 0 Å². The molecular weight excluding hydrogens is 176 g/mol. The standard InChI is InChI=1S/C12H24O2/c1-10(2)7-6-8-11(3)9-12(13-4)14-5/h7,11-12H,6,8-9H2,1-5H3/t11-/m0/s1. The van der Waals surface area contributed by atoms with Crippen molar-refractivity contribution in [2.45, 2.75) is 46.3 Å². The van der Waals surface area contributed by atoms with E-state index in [0.717, 1.165) is 12.8 Å². The average Bonchev–Trinajstić information content (AvgIpc) is 2.13. The molecule has 0 heterocycles. The molecular formula is C12H24O2. The summed E-state index contributed by atoms with van der Waals surface area (Å²) in [5.74, 6) is 0.649. The molecule has 0 saturated heterocycles. The van der Waals surface area contributed by atoms with Crippen LogP contribution in [0, 0.1) is 5.92 Å². The maximum absolute atomic E-state index is 5.16. The van der Waals surface area contributed by atoms with Gasteiger partial charge in [0.05, 0.1) is 0 Å². The fourth-order valence-electron chi connectivity index (χ4n) is 1.39. The monoisotopic (exact) mass is 200 g/mol. The zero-order chi connectivity index (χ0) is 11.0. The molecule has 0 aromatic carbocycles. The molecule has 0 unspecified atom stereocenters. The van der Waals surface area contributed by atoms with Gasteiger partial charge in [-0.15, -0.1) is 0 Å². The minimum absolute atomic E-state index is 0.0447. The van der Waals surface area contributed by atoms with E-state index in [0.29, 0.717) is 5.92 Å². The molecule has 0 aliphatic heterocycles. The Morgan fingerprint density at radius 1 is 1.21 bits per heavy atom. The van der Waals surface area contributed by atoms with Crippen molar-refractivity contribution in [1.29, 1.82) is 0 Å². The second-order valence-corrected chi connectivity index (χ2v) is 4.10. The lowest BCUT2D eigenvalue weighted by Gasteiger charge is -2.17. The van der Waals surface area contributed by atoms with Crippen molar-refractivity contribution in [2.24, 2.45) is 5.92 Å². The number of rotatable bonds is 7. The summed E-state index contributed by atoms with van der Waals surface area (Å²) >= 11 is 0. The molecule has 1 atom stereocenters. The zero-order valence-corrected chi connectivity index (χ0v) is 10.2. The smallest absolute Gasteiger partial charge is 0.157 e. The average molecular weight is 200 g/mol. The van der Waals surface area contributed by atoms with E-state index in [1.807, 2.05) is 0 Å². The Morgan fingerprint density at radius 3 is 2.21 bits per heavy atom. The third kappa shape index (κ3) is 7.10. The fraction of sp³-hybridized carbons (Fsp3) is 0.833. The van der Waals surface area contributed by atoms with Crippen LogP contribution < -0.4 is 0 Å². The number of methoxy groups -OCH3 is 2. The third-order valence-corrected chi connectivity index (χ3v) is 2.33. The Hall–Kier alpha value is -0.340. The van der Waals surface area contributed by atoms with E-state index in [4.69, 9.17) is 9.47 Å². The van der Waals surface area contributed by atoms with Crippen molar-refractivity contribution < 1.29 is 9.47 Å². The molecule has 84 valence electrons. The first-order chi connectivity index (χ1) is 6.60. The Bertz CT molecular complexity index is 156. The van der Waals surface area contributed by atoms with Crippen LogP contribution in [-0.4, -0.2) is 20.5 Å². The zero-order valence-electron chi connectivity index (χ0n) is 10.2. The van der Waals surface area contributed by atoms with Gasteiger partial charge in [-0.1, -0.05) is 18.6 Å². The van der Waals surface area contributed by atoms with E-state index < -0.39 is 0 Å². The van der Waals surface area contributed by atoms with E-state index in [1.165, 1.54) is 12.0 Å². The first-order valence-electron chi connectivity index (χ1n) is 5.29. The quantitative estimate of drug-likeness (QED) is 0.463. The second kappa shape index (κ2) is 8.01. The molecule has 0 aromatic rings. The summed E-state index contributed by atoms with van der Waals surface area (Å²) in [4.78, 5) is 0. The normalized spacial score (nSPS) is 13.0. The van der Waals surface area contributed by atoms with Gasteiger partial charge in [0.2, 0.25) is 0 Å². The van der Waals surface area contributed by atoms with Gasteiger partial charge < -0.3 is 9.47 Å². The van der Waals surface area contributed by atoms with Gasteiger partial charge in [-0.3, -0.25) is 0 Å². The van der Waals surface area contributed by atoms with Crippen LogP contribution in [0.3, 0.4) is 0 Å². The molecule has 0 rings (SSSR count). The summed E-state index contributed by atoms with van der Waals surface area (Å²) in [5.41, 5.74) is 1.40. The van der Waals surface area contributed by atoms with Gasteiger partial charge in [0, 0.05) is 20.6 Å². The lowest BCUT2D eigenvalue weighted by atomic mass is 10.0. The first-order valence-corrected chi connectivity index (χ1v) is 5.29. The van der Waals surface area contributed by atoms with E-state index in [2.05, 4.69) is 26.8 Å². The van der Waals surface area contributed by atoms with Gasteiger partial charge in [0.1, 0.15) is 0 Å². The van der Waals surface area contributed by atoms with Crippen molar-refractivity contribution in [3.8, 4) is 0 Å². The molecule has 0 saturated carbocycles. The van der Waals surface area contributed by atoms with E-state index in [9.17, 15) is 0 Å². The summed E-state index contributed by atoms with van der Waals surface area (Å²) in [6.45, 7) is 6.51. The van der Waals surface area contributed by atoms with Crippen LogP contribution in [0.15, 0.2) is 11.6 Å². The molecule has 14 heavy (non-hydrogen) atoms. The van der Waals surface area contributed by atoms with Gasteiger partial charge in [-0.25, -0.2) is 0 Å². The third-order valence-electron chi connectivity index (χ3n) is 2.33. The lowest BCUT2D eigenvalue weighted by Crippen LogP contribution is -2.16. The van der Waals surface area contributed by atoms with Gasteiger partial charge in [0.25, 0.3) is 0 Å². The maximum atomic E-state index is 5.16. The number of hydrogen-bond acceptors (Lipinski definition) is 2. The fourth-order valence-corrected chi connectivity index (χ4v) is 1.39. The summed E-state index contributed by atoms with van der Waals surface area (Å²) in [7, 11) is 3.38. The topological polar surface area (TPSA) is 18.5 Å². The van der Waals surface area contributed by atoms with Crippen molar-refractivity contribution in [2.75, 3.05) is 14.2 Å². The Morgan fingerprint density at radius 2 is 1.79 bits per heavy atom.